The van der Waals surface area contributed by atoms with Gasteiger partial charge in [-0.2, -0.15) is 4.31 Å². The number of hydrogen-bond donors (Lipinski definition) is 1. The third-order valence-electron chi connectivity index (χ3n) is 2.98. The van der Waals surface area contributed by atoms with E-state index in [4.69, 9.17) is 14.9 Å². The number of hydrogen-bond acceptors (Lipinski definition) is 5. The van der Waals surface area contributed by atoms with Crippen LogP contribution in [0.5, 0.6) is 0 Å². The fourth-order valence-corrected chi connectivity index (χ4v) is 4.16. The molecule has 1 aliphatic heterocycles. The molecule has 0 aromatic carbocycles. The van der Waals surface area contributed by atoms with E-state index in [0.717, 1.165) is 0 Å². The molecule has 2 rings (SSSR count). The lowest BCUT2D eigenvalue weighted by Gasteiger charge is -2.21. The van der Waals surface area contributed by atoms with E-state index in [0.29, 0.717) is 25.4 Å². The van der Waals surface area contributed by atoms with Crippen LogP contribution in [0.2, 0.25) is 0 Å². The Labute approximate surface area is 114 Å². The molecule has 2 N–H and O–H groups in total. The van der Waals surface area contributed by atoms with Gasteiger partial charge in [0, 0.05) is 19.7 Å². The molecule has 1 aliphatic rings. The number of ether oxygens (including phenoxy) is 1. The average Bonchev–Trinajstić information content (AvgIpc) is 2.96. The molecule has 0 amide bonds. The van der Waals surface area contributed by atoms with Crippen molar-refractivity contribution in [1.82, 2.24) is 4.31 Å². The highest BCUT2D eigenvalue weighted by Gasteiger charge is 2.33. The summed E-state index contributed by atoms with van der Waals surface area (Å²) >= 11 is 3.11. The van der Waals surface area contributed by atoms with E-state index in [9.17, 15) is 8.42 Å². The minimum atomic E-state index is -3.59. The normalized spacial score (nSPS) is 20.8. The summed E-state index contributed by atoms with van der Waals surface area (Å²) < 4.78 is 36.8. The van der Waals surface area contributed by atoms with Gasteiger partial charge in [-0.05, 0) is 22.4 Å². The largest absolute Gasteiger partial charge is 0.452 e. The number of rotatable bonds is 4. The Morgan fingerprint density at radius 3 is 2.83 bits per heavy atom. The van der Waals surface area contributed by atoms with Crippen molar-refractivity contribution in [1.29, 1.82) is 0 Å². The molecule has 0 aliphatic carbocycles. The van der Waals surface area contributed by atoms with Crippen LogP contribution in [0.4, 0.5) is 0 Å². The van der Waals surface area contributed by atoms with Crippen molar-refractivity contribution in [3.63, 3.8) is 0 Å². The Balaban J connectivity index is 2.31. The van der Waals surface area contributed by atoms with Crippen LogP contribution >= 0.6 is 15.9 Å². The van der Waals surface area contributed by atoms with Gasteiger partial charge in [-0.15, -0.1) is 0 Å². The molecule has 1 unspecified atom stereocenters. The van der Waals surface area contributed by atoms with E-state index >= 15 is 0 Å². The standard InChI is InChI=1S/C10H15BrN2O4S/c1-13(7-2-3-16-6-7)18(14,15)9-4-8(5-12)17-10(9)11/h4,7H,2-3,5-6,12H2,1H3. The SMILES string of the molecule is CN(C1CCOC1)S(=O)(=O)c1cc(CN)oc1Br. The second-order valence-corrected chi connectivity index (χ2v) is 6.78. The zero-order valence-corrected chi connectivity index (χ0v) is 12.3. The summed E-state index contributed by atoms with van der Waals surface area (Å²) in [6.45, 7) is 1.17. The third kappa shape index (κ3) is 2.48. The maximum absolute atomic E-state index is 12.4. The molecule has 1 aromatic heterocycles. The lowest BCUT2D eigenvalue weighted by Crippen LogP contribution is -2.37. The van der Waals surface area contributed by atoms with Crippen molar-refractivity contribution >= 4 is 26.0 Å². The van der Waals surface area contributed by atoms with Gasteiger partial charge in [-0.25, -0.2) is 8.42 Å². The van der Waals surface area contributed by atoms with Crippen molar-refractivity contribution in [2.75, 3.05) is 20.3 Å². The number of nitrogens with zero attached hydrogens (tertiary/aromatic N) is 1. The topological polar surface area (TPSA) is 85.8 Å². The Kier molecular flexibility index (Phi) is 4.12. The Morgan fingerprint density at radius 1 is 1.61 bits per heavy atom. The first kappa shape index (κ1) is 14.0. The van der Waals surface area contributed by atoms with Gasteiger partial charge in [0.25, 0.3) is 0 Å². The fourth-order valence-electron chi connectivity index (χ4n) is 1.83. The summed E-state index contributed by atoms with van der Waals surface area (Å²) in [5.41, 5.74) is 5.43. The first-order chi connectivity index (χ1) is 8.46. The zero-order chi connectivity index (χ0) is 13.3. The maximum Gasteiger partial charge on any atom is 0.247 e. The Bertz CT molecular complexity index is 522. The second kappa shape index (κ2) is 5.30. The van der Waals surface area contributed by atoms with Crippen LogP contribution in [-0.4, -0.2) is 39.0 Å². The number of furan rings is 1. The van der Waals surface area contributed by atoms with Gasteiger partial charge in [0.1, 0.15) is 10.7 Å². The molecule has 18 heavy (non-hydrogen) atoms. The molecule has 1 fully saturated rings. The number of nitrogens with two attached hydrogens (primary N) is 1. The number of halogens is 1. The number of likely N-dealkylation sites (N-methyl/N-ethyl adjacent to an activating group) is 1. The first-order valence-electron chi connectivity index (χ1n) is 5.51. The zero-order valence-electron chi connectivity index (χ0n) is 9.93. The van der Waals surface area contributed by atoms with Crippen molar-refractivity contribution in [3.05, 3.63) is 16.5 Å². The molecule has 0 radical (unpaired) electrons. The minimum Gasteiger partial charge on any atom is -0.452 e. The summed E-state index contributed by atoms with van der Waals surface area (Å²) in [5.74, 6) is 0.427. The van der Waals surface area contributed by atoms with Crippen molar-refractivity contribution in [2.24, 2.45) is 5.73 Å². The molecule has 0 bridgehead atoms. The molecule has 102 valence electrons. The van der Waals surface area contributed by atoms with Gasteiger partial charge < -0.3 is 14.9 Å². The van der Waals surface area contributed by atoms with Crippen molar-refractivity contribution < 1.29 is 17.6 Å². The van der Waals surface area contributed by atoms with Gasteiger partial charge in [-0.1, -0.05) is 0 Å². The monoisotopic (exact) mass is 338 g/mol. The van der Waals surface area contributed by atoms with E-state index in [1.165, 1.54) is 10.4 Å². The molecular weight excluding hydrogens is 324 g/mol. The quantitative estimate of drug-likeness (QED) is 0.881. The van der Waals surface area contributed by atoms with E-state index in [1.54, 1.807) is 7.05 Å². The molecule has 1 saturated heterocycles. The minimum absolute atomic E-state index is 0.109. The van der Waals surface area contributed by atoms with Gasteiger partial charge in [0.05, 0.1) is 19.2 Å². The van der Waals surface area contributed by atoms with Crippen LogP contribution < -0.4 is 5.73 Å². The molecule has 6 nitrogen and oxygen atoms in total. The maximum atomic E-state index is 12.4. The predicted molar refractivity (Wildman–Crippen MR) is 68.5 cm³/mol. The van der Waals surface area contributed by atoms with E-state index in [-0.39, 0.29) is 22.2 Å². The molecule has 0 spiro atoms. The molecule has 1 aromatic rings. The highest BCUT2D eigenvalue weighted by Crippen LogP contribution is 2.30. The highest BCUT2D eigenvalue weighted by atomic mass is 79.9. The van der Waals surface area contributed by atoms with Gasteiger partial charge >= 0.3 is 0 Å². The van der Waals surface area contributed by atoms with Crippen LogP contribution in [0.3, 0.4) is 0 Å². The molecule has 1 atom stereocenters. The summed E-state index contributed by atoms with van der Waals surface area (Å²) in [7, 11) is -2.03. The van der Waals surface area contributed by atoms with E-state index < -0.39 is 10.0 Å². The molecule has 0 saturated carbocycles. The van der Waals surface area contributed by atoms with Crippen molar-refractivity contribution in [2.45, 2.75) is 23.9 Å². The van der Waals surface area contributed by atoms with Crippen LogP contribution in [0.1, 0.15) is 12.2 Å². The van der Waals surface area contributed by atoms with Gasteiger partial charge in [0.15, 0.2) is 4.67 Å². The number of sulfonamides is 1. The van der Waals surface area contributed by atoms with Gasteiger partial charge in [0.2, 0.25) is 10.0 Å². The van der Waals surface area contributed by atoms with Crippen LogP contribution in [0.25, 0.3) is 0 Å². The van der Waals surface area contributed by atoms with Crippen molar-refractivity contribution in [3.8, 4) is 0 Å². The fraction of sp³-hybridized carbons (Fsp3) is 0.600. The Hall–Kier alpha value is -0.410. The lowest BCUT2D eigenvalue weighted by molar-refractivity contribution is 0.181. The summed E-state index contributed by atoms with van der Waals surface area (Å²) in [5, 5.41) is 0. The molecule has 2 heterocycles. The summed E-state index contributed by atoms with van der Waals surface area (Å²) in [6.07, 6.45) is 0.703. The van der Waals surface area contributed by atoms with Crippen LogP contribution in [0.15, 0.2) is 20.0 Å². The first-order valence-corrected chi connectivity index (χ1v) is 7.74. The van der Waals surface area contributed by atoms with E-state index in [1.807, 2.05) is 0 Å². The Morgan fingerprint density at radius 2 is 2.33 bits per heavy atom. The third-order valence-corrected chi connectivity index (χ3v) is 5.75. The lowest BCUT2D eigenvalue weighted by atomic mass is 10.3. The second-order valence-electron chi connectivity index (χ2n) is 4.09. The average molecular weight is 339 g/mol. The van der Waals surface area contributed by atoms with E-state index in [2.05, 4.69) is 15.9 Å². The summed E-state index contributed by atoms with van der Waals surface area (Å²) in [4.78, 5) is 0.109. The summed E-state index contributed by atoms with van der Waals surface area (Å²) in [6, 6.07) is 1.32. The van der Waals surface area contributed by atoms with Gasteiger partial charge in [-0.3, -0.25) is 0 Å². The highest BCUT2D eigenvalue weighted by molar-refractivity contribution is 9.10. The predicted octanol–water partition coefficient (Wildman–Crippen LogP) is 0.910. The van der Waals surface area contributed by atoms with Crippen LogP contribution in [0, 0.1) is 0 Å². The smallest absolute Gasteiger partial charge is 0.247 e. The molecule has 8 heteroatoms. The van der Waals surface area contributed by atoms with Crippen LogP contribution in [-0.2, 0) is 21.3 Å². The molecular formula is C10H15BrN2O4S.